The Labute approximate surface area is 174 Å². The van der Waals surface area contributed by atoms with E-state index in [9.17, 15) is 9.59 Å². The van der Waals surface area contributed by atoms with Gasteiger partial charge in [0.25, 0.3) is 5.91 Å². The van der Waals surface area contributed by atoms with Crippen molar-refractivity contribution in [3.8, 4) is 11.3 Å². The summed E-state index contributed by atoms with van der Waals surface area (Å²) in [5, 5.41) is 6.09. The van der Waals surface area contributed by atoms with Crippen LogP contribution in [0.15, 0.2) is 59.1 Å². The number of hydrogen-bond acceptors (Lipinski definition) is 4. The van der Waals surface area contributed by atoms with Crippen LogP contribution in [0.2, 0.25) is 5.02 Å². The SMILES string of the molecule is Cc1ccc(-c2cnc(CCC(=O)NCCNC(=O)c3ccc(Cl)cc3)o2)cc1. The number of benzene rings is 2. The number of amides is 2. The molecule has 1 aromatic heterocycles. The molecule has 0 bridgehead atoms. The van der Waals surface area contributed by atoms with Crippen molar-refractivity contribution in [2.24, 2.45) is 0 Å². The van der Waals surface area contributed by atoms with Gasteiger partial charge in [0.05, 0.1) is 6.20 Å². The molecular weight excluding hydrogens is 390 g/mol. The fourth-order valence-corrected chi connectivity index (χ4v) is 2.79. The van der Waals surface area contributed by atoms with Crippen LogP contribution < -0.4 is 10.6 Å². The molecule has 7 heteroatoms. The predicted octanol–water partition coefficient (Wildman–Crippen LogP) is 3.78. The summed E-state index contributed by atoms with van der Waals surface area (Å²) in [5.41, 5.74) is 2.65. The minimum atomic E-state index is -0.209. The van der Waals surface area contributed by atoms with E-state index in [-0.39, 0.29) is 18.2 Å². The number of carbonyl (C=O) groups excluding carboxylic acids is 2. The van der Waals surface area contributed by atoms with Crippen LogP contribution in [0, 0.1) is 6.92 Å². The van der Waals surface area contributed by atoms with E-state index in [0.717, 1.165) is 5.56 Å². The first-order chi connectivity index (χ1) is 14.0. The summed E-state index contributed by atoms with van der Waals surface area (Å²) in [7, 11) is 0. The van der Waals surface area contributed by atoms with Gasteiger partial charge in [0.15, 0.2) is 11.7 Å². The lowest BCUT2D eigenvalue weighted by Crippen LogP contribution is -2.34. The topological polar surface area (TPSA) is 84.2 Å². The average Bonchev–Trinajstić information content (AvgIpc) is 3.19. The van der Waals surface area contributed by atoms with E-state index >= 15 is 0 Å². The molecule has 2 aromatic carbocycles. The molecule has 150 valence electrons. The van der Waals surface area contributed by atoms with Crippen molar-refractivity contribution < 1.29 is 14.0 Å². The normalized spacial score (nSPS) is 10.6. The standard InChI is InChI=1S/C22H22ClN3O3/c1-15-2-4-16(5-3-15)19-14-26-21(29-19)11-10-20(27)24-12-13-25-22(28)17-6-8-18(23)9-7-17/h2-9,14H,10-13H2,1H3,(H,24,27)(H,25,28). The molecule has 29 heavy (non-hydrogen) atoms. The number of hydrogen-bond donors (Lipinski definition) is 2. The Balaban J connectivity index is 1.36. The lowest BCUT2D eigenvalue weighted by molar-refractivity contribution is -0.121. The highest BCUT2D eigenvalue weighted by Gasteiger charge is 2.09. The molecule has 0 saturated heterocycles. The molecule has 0 saturated carbocycles. The number of rotatable bonds is 8. The Morgan fingerprint density at radius 2 is 1.69 bits per heavy atom. The van der Waals surface area contributed by atoms with E-state index in [4.69, 9.17) is 16.0 Å². The van der Waals surface area contributed by atoms with E-state index in [1.54, 1.807) is 30.5 Å². The Hall–Kier alpha value is -3.12. The van der Waals surface area contributed by atoms with Gasteiger partial charge in [0.1, 0.15) is 0 Å². The number of oxazole rings is 1. The third-order valence-corrected chi connectivity index (χ3v) is 4.55. The predicted molar refractivity (Wildman–Crippen MR) is 112 cm³/mol. The molecule has 3 rings (SSSR count). The molecule has 1 heterocycles. The lowest BCUT2D eigenvalue weighted by atomic mass is 10.1. The summed E-state index contributed by atoms with van der Waals surface area (Å²) in [6.45, 7) is 2.71. The molecule has 0 fully saturated rings. The van der Waals surface area contributed by atoms with Crippen molar-refractivity contribution in [3.63, 3.8) is 0 Å². The van der Waals surface area contributed by atoms with Gasteiger partial charge >= 0.3 is 0 Å². The molecule has 3 aromatic rings. The highest BCUT2D eigenvalue weighted by atomic mass is 35.5. The summed E-state index contributed by atoms with van der Waals surface area (Å²) < 4.78 is 5.72. The van der Waals surface area contributed by atoms with Gasteiger partial charge in [-0.25, -0.2) is 4.98 Å². The van der Waals surface area contributed by atoms with Gasteiger partial charge in [0, 0.05) is 42.1 Å². The fourth-order valence-electron chi connectivity index (χ4n) is 2.67. The van der Waals surface area contributed by atoms with Gasteiger partial charge in [0.2, 0.25) is 5.91 Å². The maximum absolute atomic E-state index is 12.0. The second kappa shape index (κ2) is 9.89. The van der Waals surface area contributed by atoms with Crippen LogP contribution in [0.25, 0.3) is 11.3 Å². The molecule has 0 unspecified atom stereocenters. The minimum absolute atomic E-state index is 0.124. The van der Waals surface area contributed by atoms with Gasteiger partial charge in [-0.15, -0.1) is 0 Å². The van der Waals surface area contributed by atoms with E-state index < -0.39 is 0 Å². The Morgan fingerprint density at radius 3 is 2.41 bits per heavy atom. The fraction of sp³-hybridized carbons (Fsp3) is 0.227. The molecule has 2 N–H and O–H groups in total. The Morgan fingerprint density at radius 1 is 1.00 bits per heavy atom. The van der Waals surface area contributed by atoms with Crippen LogP contribution in [0.5, 0.6) is 0 Å². The summed E-state index contributed by atoms with van der Waals surface area (Å²) in [5.74, 6) is 0.872. The molecule has 0 aliphatic heterocycles. The van der Waals surface area contributed by atoms with Crippen LogP contribution >= 0.6 is 11.6 Å². The van der Waals surface area contributed by atoms with E-state index in [1.165, 1.54) is 5.56 Å². The first-order valence-corrected chi connectivity index (χ1v) is 9.71. The maximum Gasteiger partial charge on any atom is 0.251 e. The van der Waals surface area contributed by atoms with Crippen LogP contribution in [-0.2, 0) is 11.2 Å². The molecule has 0 aliphatic rings. The third-order valence-electron chi connectivity index (χ3n) is 4.29. The third kappa shape index (κ3) is 6.19. The van der Waals surface area contributed by atoms with E-state index in [0.29, 0.717) is 41.7 Å². The zero-order valence-electron chi connectivity index (χ0n) is 16.1. The summed E-state index contributed by atoms with van der Waals surface area (Å²) >= 11 is 5.80. The van der Waals surface area contributed by atoms with E-state index in [2.05, 4.69) is 15.6 Å². The lowest BCUT2D eigenvalue weighted by Gasteiger charge is -2.07. The Bertz CT molecular complexity index is 966. The zero-order valence-corrected chi connectivity index (χ0v) is 16.8. The van der Waals surface area contributed by atoms with Gasteiger partial charge in [-0.05, 0) is 31.2 Å². The summed E-state index contributed by atoms with van der Waals surface area (Å²) in [6.07, 6.45) is 2.35. The molecule has 0 atom stereocenters. The molecule has 0 spiro atoms. The first kappa shape index (κ1) is 20.6. The second-order valence-corrected chi connectivity index (χ2v) is 7.03. The van der Waals surface area contributed by atoms with Crippen LogP contribution in [0.3, 0.4) is 0 Å². The largest absolute Gasteiger partial charge is 0.441 e. The van der Waals surface area contributed by atoms with Crippen LogP contribution in [0.4, 0.5) is 0 Å². The minimum Gasteiger partial charge on any atom is -0.441 e. The number of carbonyl (C=O) groups is 2. The molecular formula is C22H22ClN3O3. The van der Waals surface area contributed by atoms with Crippen LogP contribution in [-0.4, -0.2) is 29.9 Å². The average molecular weight is 412 g/mol. The highest BCUT2D eigenvalue weighted by molar-refractivity contribution is 6.30. The quantitative estimate of drug-likeness (QED) is 0.552. The van der Waals surface area contributed by atoms with Crippen molar-refractivity contribution >= 4 is 23.4 Å². The Kier molecular flexibility index (Phi) is 7.03. The zero-order chi connectivity index (χ0) is 20.6. The van der Waals surface area contributed by atoms with Crippen LogP contribution in [0.1, 0.15) is 28.2 Å². The number of aromatic nitrogens is 1. The number of nitrogens with zero attached hydrogens (tertiary/aromatic N) is 1. The van der Waals surface area contributed by atoms with Gasteiger partial charge in [-0.3, -0.25) is 9.59 Å². The molecule has 6 nitrogen and oxygen atoms in total. The van der Waals surface area contributed by atoms with Gasteiger partial charge < -0.3 is 15.1 Å². The molecule has 2 amide bonds. The molecule has 0 aliphatic carbocycles. The van der Waals surface area contributed by atoms with Crippen molar-refractivity contribution in [2.45, 2.75) is 19.8 Å². The second-order valence-electron chi connectivity index (χ2n) is 6.60. The number of halogens is 1. The first-order valence-electron chi connectivity index (χ1n) is 9.33. The van der Waals surface area contributed by atoms with Crippen molar-refractivity contribution in [2.75, 3.05) is 13.1 Å². The number of nitrogens with one attached hydrogen (secondary N) is 2. The summed E-state index contributed by atoms with van der Waals surface area (Å²) in [4.78, 5) is 28.2. The van der Waals surface area contributed by atoms with Gasteiger partial charge in [-0.2, -0.15) is 0 Å². The molecule has 0 radical (unpaired) electrons. The van der Waals surface area contributed by atoms with Gasteiger partial charge in [-0.1, -0.05) is 41.4 Å². The van der Waals surface area contributed by atoms with Crippen molar-refractivity contribution in [1.82, 2.24) is 15.6 Å². The van der Waals surface area contributed by atoms with Crippen molar-refractivity contribution in [3.05, 3.63) is 76.8 Å². The maximum atomic E-state index is 12.0. The van der Waals surface area contributed by atoms with E-state index in [1.807, 2.05) is 31.2 Å². The summed E-state index contributed by atoms with van der Waals surface area (Å²) in [6, 6.07) is 14.6. The van der Waals surface area contributed by atoms with Crippen molar-refractivity contribution in [1.29, 1.82) is 0 Å². The highest BCUT2D eigenvalue weighted by Crippen LogP contribution is 2.21. The smallest absolute Gasteiger partial charge is 0.251 e. The number of aryl methyl sites for hydroxylation is 2. The monoisotopic (exact) mass is 411 g/mol.